The summed E-state index contributed by atoms with van der Waals surface area (Å²) in [5, 5.41) is 14.0. The van der Waals surface area contributed by atoms with E-state index in [0.717, 1.165) is 10.8 Å². The molecule has 0 radical (unpaired) electrons. The van der Waals surface area contributed by atoms with Crippen molar-refractivity contribution < 1.29 is 18.3 Å². The fourth-order valence-corrected chi connectivity index (χ4v) is 2.48. The Morgan fingerprint density at radius 2 is 1.81 bits per heavy atom. The third-order valence-electron chi connectivity index (χ3n) is 3.08. The molecule has 0 fully saturated rings. The molecule has 0 unspecified atom stereocenters. The molecule has 2 rings (SSSR count). The minimum atomic E-state index is -3.37. The maximum absolute atomic E-state index is 12.0. The highest BCUT2D eigenvalue weighted by Gasteiger charge is 2.13. The molecule has 112 valence electrons. The van der Waals surface area contributed by atoms with Crippen LogP contribution in [0.25, 0.3) is 10.8 Å². The van der Waals surface area contributed by atoms with E-state index < -0.39 is 15.9 Å². The van der Waals surface area contributed by atoms with Crippen LogP contribution in [-0.2, 0) is 10.0 Å². The zero-order chi connectivity index (χ0) is 15.5. The lowest BCUT2D eigenvalue weighted by atomic mass is 10.1. The largest absolute Gasteiger partial charge is 0.507 e. The molecule has 0 heterocycles. The van der Waals surface area contributed by atoms with Gasteiger partial charge in [-0.05, 0) is 30.0 Å². The van der Waals surface area contributed by atoms with Crippen LogP contribution >= 0.6 is 0 Å². The van der Waals surface area contributed by atoms with Crippen molar-refractivity contribution >= 4 is 26.7 Å². The number of hydrogen-bond acceptors (Lipinski definition) is 4. The molecule has 1 amide bonds. The highest BCUT2D eigenvalue weighted by Crippen LogP contribution is 2.24. The molecule has 0 aromatic heterocycles. The highest BCUT2D eigenvalue weighted by molar-refractivity contribution is 7.89. The first-order valence-corrected chi connectivity index (χ1v) is 7.99. The van der Waals surface area contributed by atoms with Crippen LogP contribution < -0.4 is 10.0 Å². The first-order chi connectivity index (χ1) is 9.93. The minimum Gasteiger partial charge on any atom is -0.507 e. The number of phenols is 1. The SMILES string of the molecule is CNS(=O)(=O)CCNC(=O)c1cc2ccccc2cc1O. The third-order valence-corrected chi connectivity index (χ3v) is 4.44. The Bertz CT molecular complexity index is 772. The predicted octanol–water partition coefficient (Wildman–Crippen LogP) is 0.824. The molecule has 2 aromatic rings. The quantitative estimate of drug-likeness (QED) is 0.762. The number of sulfonamides is 1. The maximum Gasteiger partial charge on any atom is 0.255 e. The number of nitrogens with one attached hydrogen (secondary N) is 2. The van der Waals surface area contributed by atoms with Gasteiger partial charge in [-0.2, -0.15) is 0 Å². The van der Waals surface area contributed by atoms with E-state index in [0.29, 0.717) is 0 Å². The number of carbonyl (C=O) groups excluding carboxylic acids is 1. The highest BCUT2D eigenvalue weighted by atomic mass is 32.2. The second-order valence-corrected chi connectivity index (χ2v) is 6.54. The van der Waals surface area contributed by atoms with Gasteiger partial charge in [-0.1, -0.05) is 24.3 Å². The van der Waals surface area contributed by atoms with Gasteiger partial charge < -0.3 is 10.4 Å². The standard InChI is InChI=1S/C14H16N2O4S/c1-15-21(19,20)7-6-16-14(18)12-8-10-4-2-3-5-11(10)9-13(12)17/h2-5,8-9,15,17H,6-7H2,1H3,(H,16,18). The van der Waals surface area contributed by atoms with Crippen LogP contribution in [0.4, 0.5) is 0 Å². The third kappa shape index (κ3) is 3.71. The van der Waals surface area contributed by atoms with E-state index in [1.165, 1.54) is 13.1 Å². The Balaban J connectivity index is 2.14. The lowest BCUT2D eigenvalue weighted by Crippen LogP contribution is -2.32. The average molecular weight is 308 g/mol. The van der Waals surface area contributed by atoms with Crippen LogP contribution in [0, 0.1) is 0 Å². The molecule has 7 heteroatoms. The molecule has 0 spiro atoms. The Kier molecular flexibility index (Phi) is 4.44. The summed E-state index contributed by atoms with van der Waals surface area (Å²) in [6.07, 6.45) is 0. The van der Waals surface area contributed by atoms with Crippen LogP contribution in [0.2, 0.25) is 0 Å². The van der Waals surface area contributed by atoms with Crippen molar-refractivity contribution in [3.8, 4) is 5.75 Å². The molecular formula is C14H16N2O4S. The second-order valence-electron chi connectivity index (χ2n) is 4.50. The number of amides is 1. The molecule has 3 N–H and O–H groups in total. The normalized spacial score (nSPS) is 11.5. The molecule has 0 saturated heterocycles. The molecular weight excluding hydrogens is 292 g/mol. The Morgan fingerprint density at radius 1 is 1.19 bits per heavy atom. The van der Waals surface area contributed by atoms with Gasteiger partial charge in [-0.15, -0.1) is 0 Å². The summed E-state index contributed by atoms with van der Waals surface area (Å²) in [7, 11) is -2.06. The van der Waals surface area contributed by atoms with Gasteiger partial charge in [-0.3, -0.25) is 4.79 Å². The van der Waals surface area contributed by atoms with Gasteiger partial charge in [0, 0.05) is 6.54 Å². The van der Waals surface area contributed by atoms with E-state index in [1.807, 2.05) is 24.3 Å². The Labute approximate surface area is 122 Å². The molecule has 2 aromatic carbocycles. The first kappa shape index (κ1) is 15.3. The lowest BCUT2D eigenvalue weighted by Gasteiger charge is -2.08. The van der Waals surface area contributed by atoms with Crippen molar-refractivity contribution in [2.75, 3.05) is 19.3 Å². The van der Waals surface area contributed by atoms with Gasteiger partial charge in [0.05, 0.1) is 11.3 Å². The molecule has 0 aliphatic heterocycles. The van der Waals surface area contributed by atoms with Crippen LogP contribution in [0.3, 0.4) is 0 Å². The van der Waals surface area contributed by atoms with E-state index in [9.17, 15) is 18.3 Å². The summed E-state index contributed by atoms with van der Waals surface area (Å²) >= 11 is 0. The molecule has 0 aliphatic carbocycles. The van der Waals surface area contributed by atoms with Gasteiger partial charge in [-0.25, -0.2) is 13.1 Å². The van der Waals surface area contributed by atoms with Crippen LogP contribution in [0.1, 0.15) is 10.4 Å². The van der Waals surface area contributed by atoms with Crippen molar-refractivity contribution in [2.24, 2.45) is 0 Å². The van der Waals surface area contributed by atoms with E-state index in [-0.39, 0.29) is 23.6 Å². The smallest absolute Gasteiger partial charge is 0.255 e. The summed E-state index contributed by atoms with van der Waals surface area (Å²) in [6, 6.07) is 10.4. The number of rotatable bonds is 5. The minimum absolute atomic E-state index is 0.0335. The Morgan fingerprint density at radius 3 is 2.43 bits per heavy atom. The van der Waals surface area contributed by atoms with Crippen LogP contribution in [0.15, 0.2) is 36.4 Å². The molecule has 6 nitrogen and oxygen atoms in total. The zero-order valence-corrected chi connectivity index (χ0v) is 12.3. The van der Waals surface area contributed by atoms with E-state index >= 15 is 0 Å². The van der Waals surface area contributed by atoms with Gasteiger partial charge in [0.15, 0.2) is 0 Å². The van der Waals surface area contributed by atoms with Gasteiger partial charge >= 0.3 is 0 Å². The van der Waals surface area contributed by atoms with Crippen molar-refractivity contribution in [1.82, 2.24) is 10.0 Å². The van der Waals surface area contributed by atoms with Crippen LogP contribution in [0.5, 0.6) is 5.75 Å². The monoisotopic (exact) mass is 308 g/mol. The Hall–Kier alpha value is -2.12. The molecule has 0 saturated carbocycles. The molecule has 0 aliphatic rings. The second kappa shape index (κ2) is 6.11. The van der Waals surface area contributed by atoms with Crippen molar-refractivity contribution in [3.63, 3.8) is 0 Å². The fourth-order valence-electron chi connectivity index (χ4n) is 1.91. The van der Waals surface area contributed by atoms with Gasteiger partial charge in [0.2, 0.25) is 10.0 Å². The average Bonchev–Trinajstić information content (AvgIpc) is 2.46. The number of carbonyl (C=O) groups is 1. The predicted molar refractivity (Wildman–Crippen MR) is 80.8 cm³/mol. The summed E-state index contributed by atoms with van der Waals surface area (Å²) in [5.74, 6) is -0.865. The van der Waals surface area contributed by atoms with E-state index in [2.05, 4.69) is 10.0 Å². The molecule has 0 bridgehead atoms. The van der Waals surface area contributed by atoms with Crippen molar-refractivity contribution in [1.29, 1.82) is 0 Å². The topological polar surface area (TPSA) is 95.5 Å². The van der Waals surface area contributed by atoms with Gasteiger partial charge in [0.25, 0.3) is 5.91 Å². The zero-order valence-electron chi connectivity index (χ0n) is 11.5. The maximum atomic E-state index is 12.0. The fraction of sp³-hybridized carbons (Fsp3) is 0.214. The number of benzene rings is 2. The first-order valence-electron chi connectivity index (χ1n) is 6.34. The molecule has 21 heavy (non-hydrogen) atoms. The summed E-state index contributed by atoms with van der Waals surface area (Å²) in [5.41, 5.74) is 0.121. The van der Waals surface area contributed by atoms with Crippen molar-refractivity contribution in [2.45, 2.75) is 0 Å². The number of phenolic OH excluding ortho intramolecular Hbond substituents is 1. The number of aromatic hydroxyl groups is 1. The van der Waals surface area contributed by atoms with Crippen LogP contribution in [-0.4, -0.2) is 38.8 Å². The molecule has 0 atom stereocenters. The summed E-state index contributed by atoms with van der Waals surface area (Å²) in [4.78, 5) is 12.0. The van der Waals surface area contributed by atoms with Crippen molar-refractivity contribution in [3.05, 3.63) is 42.0 Å². The van der Waals surface area contributed by atoms with Gasteiger partial charge in [0.1, 0.15) is 5.75 Å². The van der Waals surface area contributed by atoms with E-state index in [1.54, 1.807) is 6.07 Å². The summed E-state index contributed by atoms with van der Waals surface area (Å²) < 4.78 is 24.7. The van der Waals surface area contributed by atoms with E-state index in [4.69, 9.17) is 0 Å². The number of fused-ring (bicyclic) bond motifs is 1. The number of hydrogen-bond donors (Lipinski definition) is 3. The summed E-state index contributed by atoms with van der Waals surface area (Å²) in [6.45, 7) is -0.0335. The lowest BCUT2D eigenvalue weighted by molar-refractivity contribution is 0.0953.